The Morgan fingerprint density at radius 3 is 2.19 bits per heavy atom. The van der Waals surface area contributed by atoms with Crippen LogP contribution in [0.5, 0.6) is 0 Å². The lowest BCUT2D eigenvalue weighted by molar-refractivity contribution is -0.143. The Labute approximate surface area is 161 Å². The molecule has 1 unspecified atom stereocenters. The van der Waals surface area contributed by atoms with E-state index in [-0.39, 0.29) is 31.3 Å². The van der Waals surface area contributed by atoms with E-state index >= 15 is 0 Å². The Bertz CT molecular complexity index is 782. The maximum atomic E-state index is 14.6. The predicted molar refractivity (Wildman–Crippen MR) is 106 cm³/mol. The van der Waals surface area contributed by atoms with Crippen LogP contribution in [-0.2, 0) is 9.53 Å². The van der Waals surface area contributed by atoms with E-state index in [0.29, 0.717) is 11.1 Å². The average Bonchev–Trinajstić information content (AvgIpc) is 2.49. The molecule has 2 aromatic carbocycles. The highest BCUT2D eigenvalue weighted by molar-refractivity contribution is 5.85. The molecule has 0 aliphatic carbocycles. The number of hydrogen-bond donors (Lipinski definition) is 1. The third kappa shape index (κ3) is 4.83. The summed E-state index contributed by atoms with van der Waals surface area (Å²) in [6, 6.07) is 7.08. The van der Waals surface area contributed by atoms with E-state index in [0.717, 1.165) is 22.3 Å². The maximum Gasteiger partial charge on any atom is 0.307 e. The smallest absolute Gasteiger partial charge is 0.307 e. The van der Waals surface area contributed by atoms with Gasteiger partial charge in [0, 0.05) is 11.6 Å². The molecule has 0 saturated carbocycles. The van der Waals surface area contributed by atoms with Crippen molar-refractivity contribution in [3.63, 3.8) is 0 Å². The summed E-state index contributed by atoms with van der Waals surface area (Å²) in [6.07, 6.45) is -0.0421. The molecule has 142 valence electrons. The first-order chi connectivity index (χ1) is 11.7. The SMILES string of the molecule is CCOC(=O)CC(N)c1cc(-c2c(C)cc(C)cc2C)cc(C)c1F.Cl. The van der Waals surface area contributed by atoms with Crippen molar-refractivity contribution in [1.82, 2.24) is 0 Å². The molecular formula is C21H27ClFNO2. The minimum absolute atomic E-state index is 0. The molecule has 2 rings (SSSR count). The topological polar surface area (TPSA) is 52.3 Å². The van der Waals surface area contributed by atoms with Gasteiger partial charge in [-0.2, -0.15) is 0 Å². The van der Waals surface area contributed by atoms with Gasteiger partial charge in [-0.15, -0.1) is 12.4 Å². The van der Waals surface area contributed by atoms with Gasteiger partial charge in [-0.25, -0.2) is 4.39 Å². The van der Waals surface area contributed by atoms with Crippen molar-refractivity contribution in [2.45, 2.75) is 47.1 Å². The fourth-order valence-corrected chi connectivity index (χ4v) is 3.36. The molecular weight excluding hydrogens is 353 g/mol. The quantitative estimate of drug-likeness (QED) is 0.735. The van der Waals surface area contributed by atoms with Crippen LogP contribution in [0.4, 0.5) is 4.39 Å². The van der Waals surface area contributed by atoms with Gasteiger partial charge in [-0.05, 0) is 74.6 Å². The van der Waals surface area contributed by atoms with Crippen LogP contribution >= 0.6 is 12.4 Å². The zero-order valence-electron chi connectivity index (χ0n) is 16.0. The molecule has 2 N–H and O–H groups in total. The minimum Gasteiger partial charge on any atom is -0.466 e. The Hall–Kier alpha value is -1.91. The lowest BCUT2D eigenvalue weighted by Crippen LogP contribution is -2.19. The normalized spacial score (nSPS) is 11.7. The van der Waals surface area contributed by atoms with Gasteiger partial charge < -0.3 is 10.5 Å². The molecule has 0 radical (unpaired) electrons. The second kappa shape index (κ2) is 9.15. The van der Waals surface area contributed by atoms with E-state index in [1.165, 1.54) is 5.56 Å². The Balaban J connectivity index is 0.00000338. The summed E-state index contributed by atoms with van der Waals surface area (Å²) in [7, 11) is 0. The molecule has 2 aromatic rings. The van der Waals surface area contributed by atoms with Crippen LogP contribution < -0.4 is 5.73 Å². The molecule has 0 spiro atoms. The summed E-state index contributed by atoms with van der Waals surface area (Å²) in [5.41, 5.74) is 12.4. The van der Waals surface area contributed by atoms with Crippen LogP contribution in [0.1, 0.15) is 47.2 Å². The summed E-state index contributed by atoms with van der Waals surface area (Å²) in [4.78, 5) is 11.7. The van der Waals surface area contributed by atoms with Gasteiger partial charge in [0.2, 0.25) is 0 Å². The average molecular weight is 380 g/mol. The van der Waals surface area contributed by atoms with Crippen LogP contribution in [-0.4, -0.2) is 12.6 Å². The zero-order valence-corrected chi connectivity index (χ0v) is 16.8. The second-order valence-electron chi connectivity index (χ2n) is 6.59. The molecule has 0 heterocycles. The zero-order chi connectivity index (χ0) is 18.7. The summed E-state index contributed by atoms with van der Waals surface area (Å²) in [6.45, 7) is 9.89. The number of benzene rings is 2. The van der Waals surface area contributed by atoms with Gasteiger partial charge in [0.05, 0.1) is 13.0 Å². The minimum atomic E-state index is -0.733. The Kier molecular flexibility index (Phi) is 7.79. The first-order valence-electron chi connectivity index (χ1n) is 8.54. The number of nitrogens with two attached hydrogens (primary N) is 1. The molecule has 26 heavy (non-hydrogen) atoms. The highest BCUT2D eigenvalue weighted by atomic mass is 35.5. The number of halogens is 2. The summed E-state index contributed by atoms with van der Waals surface area (Å²) in [5, 5.41) is 0. The van der Waals surface area contributed by atoms with E-state index in [2.05, 4.69) is 19.1 Å². The molecule has 0 bridgehead atoms. The predicted octanol–water partition coefficient (Wildman–Crippen LogP) is 5.10. The highest BCUT2D eigenvalue weighted by Gasteiger charge is 2.20. The number of carbonyl (C=O) groups is 1. The molecule has 0 aliphatic heterocycles. The fourth-order valence-electron chi connectivity index (χ4n) is 3.36. The van der Waals surface area contributed by atoms with E-state index < -0.39 is 12.0 Å². The number of hydrogen-bond acceptors (Lipinski definition) is 3. The van der Waals surface area contributed by atoms with Crippen molar-refractivity contribution in [3.8, 4) is 11.1 Å². The highest BCUT2D eigenvalue weighted by Crippen LogP contribution is 2.33. The number of esters is 1. The molecule has 0 saturated heterocycles. The third-order valence-electron chi connectivity index (χ3n) is 4.34. The van der Waals surface area contributed by atoms with Gasteiger partial charge in [0.15, 0.2) is 0 Å². The van der Waals surface area contributed by atoms with Gasteiger partial charge in [0.25, 0.3) is 0 Å². The summed E-state index contributed by atoms with van der Waals surface area (Å²) >= 11 is 0. The fraction of sp³-hybridized carbons (Fsp3) is 0.381. The van der Waals surface area contributed by atoms with Crippen LogP contribution in [0, 0.1) is 33.5 Å². The molecule has 0 fully saturated rings. The van der Waals surface area contributed by atoms with Crippen molar-refractivity contribution in [3.05, 3.63) is 57.9 Å². The van der Waals surface area contributed by atoms with E-state index in [1.807, 2.05) is 19.9 Å². The molecule has 0 aliphatic rings. The van der Waals surface area contributed by atoms with Gasteiger partial charge in [0.1, 0.15) is 5.82 Å². The van der Waals surface area contributed by atoms with Gasteiger partial charge in [-0.1, -0.05) is 17.7 Å². The van der Waals surface area contributed by atoms with E-state index in [9.17, 15) is 9.18 Å². The van der Waals surface area contributed by atoms with Crippen LogP contribution in [0.25, 0.3) is 11.1 Å². The molecule has 5 heteroatoms. The summed E-state index contributed by atoms with van der Waals surface area (Å²) in [5.74, 6) is -0.775. The monoisotopic (exact) mass is 379 g/mol. The molecule has 0 amide bonds. The Morgan fingerprint density at radius 1 is 1.08 bits per heavy atom. The number of aryl methyl sites for hydroxylation is 4. The molecule has 1 atom stereocenters. The maximum absolute atomic E-state index is 14.6. The largest absolute Gasteiger partial charge is 0.466 e. The number of rotatable bonds is 5. The molecule has 0 aromatic heterocycles. The third-order valence-corrected chi connectivity index (χ3v) is 4.34. The van der Waals surface area contributed by atoms with Crippen LogP contribution in [0.3, 0.4) is 0 Å². The first-order valence-corrected chi connectivity index (χ1v) is 8.54. The summed E-state index contributed by atoms with van der Waals surface area (Å²) < 4.78 is 19.5. The van der Waals surface area contributed by atoms with E-state index in [4.69, 9.17) is 10.5 Å². The number of ether oxygens (including phenoxy) is 1. The van der Waals surface area contributed by atoms with Crippen molar-refractivity contribution >= 4 is 18.4 Å². The number of carbonyl (C=O) groups excluding carboxylic acids is 1. The van der Waals surface area contributed by atoms with Crippen LogP contribution in [0.15, 0.2) is 24.3 Å². The first kappa shape index (κ1) is 22.1. The Morgan fingerprint density at radius 2 is 1.65 bits per heavy atom. The second-order valence-corrected chi connectivity index (χ2v) is 6.59. The van der Waals surface area contributed by atoms with E-state index in [1.54, 1.807) is 19.9 Å². The van der Waals surface area contributed by atoms with Crippen molar-refractivity contribution in [2.75, 3.05) is 6.61 Å². The van der Waals surface area contributed by atoms with Crippen molar-refractivity contribution in [1.29, 1.82) is 0 Å². The standard InChI is InChI=1S/C21H26FNO2.ClH/c1-6-25-19(24)11-18(23)17-10-16(9-15(5)21(17)22)20-13(3)7-12(2)8-14(20)4;/h7-10,18H,6,11,23H2,1-5H3;1H. The lowest BCUT2D eigenvalue weighted by atomic mass is 9.90. The van der Waals surface area contributed by atoms with Gasteiger partial charge >= 0.3 is 5.97 Å². The van der Waals surface area contributed by atoms with Gasteiger partial charge in [-0.3, -0.25) is 4.79 Å². The molecule has 3 nitrogen and oxygen atoms in total. The van der Waals surface area contributed by atoms with Crippen molar-refractivity contribution < 1.29 is 13.9 Å². The lowest BCUT2D eigenvalue weighted by Gasteiger charge is -2.18. The van der Waals surface area contributed by atoms with Crippen LogP contribution in [0.2, 0.25) is 0 Å². The van der Waals surface area contributed by atoms with Crippen molar-refractivity contribution in [2.24, 2.45) is 5.73 Å².